The van der Waals surface area contributed by atoms with Gasteiger partial charge in [-0.3, -0.25) is 14.7 Å². The van der Waals surface area contributed by atoms with Gasteiger partial charge in [-0.05, 0) is 43.4 Å². The number of carbonyl (C=O) groups excluding carboxylic acids is 2. The average molecular weight is 345 g/mol. The average Bonchev–Trinajstić information content (AvgIpc) is 3.14. The third-order valence-electron chi connectivity index (χ3n) is 5.17. The molecule has 3 rings (SSSR count). The predicted octanol–water partition coefficient (Wildman–Crippen LogP) is 1.14. The van der Waals surface area contributed by atoms with E-state index < -0.39 is 0 Å². The molecule has 2 aliphatic rings. The Balaban J connectivity index is 1.50. The van der Waals surface area contributed by atoms with Crippen molar-refractivity contribution in [3.05, 3.63) is 30.1 Å². The third-order valence-corrected chi connectivity index (χ3v) is 5.17. The van der Waals surface area contributed by atoms with Crippen molar-refractivity contribution in [2.24, 2.45) is 0 Å². The monoisotopic (exact) mass is 345 g/mol. The van der Waals surface area contributed by atoms with Gasteiger partial charge in [0.15, 0.2) is 0 Å². The van der Waals surface area contributed by atoms with Crippen LogP contribution < -0.4 is 10.6 Å². The van der Waals surface area contributed by atoms with E-state index in [1.54, 1.807) is 19.4 Å². The number of hydrogen-bond acceptors (Lipinski definition) is 4. The first-order chi connectivity index (χ1) is 12.2. The quantitative estimate of drug-likeness (QED) is 0.858. The van der Waals surface area contributed by atoms with Crippen LogP contribution in [0.5, 0.6) is 0 Å². The molecule has 1 atom stereocenters. The molecule has 1 aromatic rings. The highest BCUT2D eigenvalue weighted by molar-refractivity contribution is 5.77. The minimum absolute atomic E-state index is 0.0315. The van der Waals surface area contributed by atoms with Crippen molar-refractivity contribution in [2.75, 3.05) is 33.2 Å². The van der Waals surface area contributed by atoms with E-state index in [0.717, 1.165) is 50.9 Å². The van der Waals surface area contributed by atoms with E-state index in [-0.39, 0.29) is 24.0 Å². The number of hydrogen-bond donors (Lipinski definition) is 2. The molecule has 0 radical (unpaired) electrons. The van der Waals surface area contributed by atoms with E-state index in [1.165, 1.54) is 0 Å². The number of nitrogens with one attached hydrogen (secondary N) is 2. The molecule has 0 unspecified atom stereocenters. The fourth-order valence-electron chi connectivity index (χ4n) is 3.72. The molecule has 7 nitrogen and oxygen atoms in total. The molecule has 136 valence electrons. The van der Waals surface area contributed by atoms with Crippen molar-refractivity contribution in [3.8, 4) is 0 Å². The summed E-state index contributed by atoms with van der Waals surface area (Å²) in [5.41, 5.74) is 1.16. The van der Waals surface area contributed by atoms with Gasteiger partial charge in [0.2, 0.25) is 5.91 Å². The number of rotatable bonds is 4. The van der Waals surface area contributed by atoms with Crippen molar-refractivity contribution in [2.45, 2.75) is 37.8 Å². The summed E-state index contributed by atoms with van der Waals surface area (Å²) in [7, 11) is 1.66. The van der Waals surface area contributed by atoms with Gasteiger partial charge in [-0.2, -0.15) is 0 Å². The minimum Gasteiger partial charge on any atom is -0.358 e. The molecule has 3 amide bonds. The van der Waals surface area contributed by atoms with Crippen LogP contribution >= 0.6 is 0 Å². The predicted molar refractivity (Wildman–Crippen MR) is 95.0 cm³/mol. The van der Waals surface area contributed by atoms with Gasteiger partial charge < -0.3 is 15.5 Å². The second kappa shape index (κ2) is 8.29. The molecule has 0 spiro atoms. The number of likely N-dealkylation sites (tertiary alicyclic amines) is 2. The summed E-state index contributed by atoms with van der Waals surface area (Å²) in [6.07, 6.45) is 7.37. The molecule has 2 fully saturated rings. The van der Waals surface area contributed by atoms with Crippen molar-refractivity contribution in [1.82, 2.24) is 25.4 Å². The zero-order valence-corrected chi connectivity index (χ0v) is 14.8. The molecule has 0 bridgehead atoms. The van der Waals surface area contributed by atoms with Crippen LogP contribution in [-0.2, 0) is 4.79 Å². The molecule has 0 aliphatic carbocycles. The van der Waals surface area contributed by atoms with E-state index in [1.807, 2.05) is 17.0 Å². The molecule has 1 aromatic heterocycles. The maximum absolute atomic E-state index is 12.7. The summed E-state index contributed by atoms with van der Waals surface area (Å²) >= 11 is 0. The number of likely N-dealkylation sites (N-methyl/N-ethyl adjacent to an activating group) is 1. The number of urea groups is 1. The van der Waals surface area contributed by atoms with Crippen LogP contribution in [0.3, 0.4) is 0 Å². The standard InChI is InChI=1S/C18H27N5O2/c1-19-17(24)13-22-11-6-15(7-12-22)21-18(25)23-10-2-3-16(23)14-4-8-20-9-5-14/h4-5,8-9,15-16H,2-3,6-7,10-13H2,1H3,(H,19,24)(H,21,25)/t16-/m1/s1. The first-order valence-corrected chi connectivity index (χ1v) is 9.07. The van der Waals surface area contributed by atoms with E-state index in [0.29, 0.717) is 6.54 Å². The zero-order chi connectivity index (χ0) is 17.6. The minimum atomic E-state index is 0.0315. The van der Waals surface area contributed by atoms with Gasteiger partial charge in [0.25, 0.3) is 0 Å². The van der Waals surface area contributed by atoms with Crippen LogP contribution in [-0.4, -0.2) is 66.0 Å². The first-order valence-electron chi connectivity index (χ1n) is 9.07. The number of amides is 3. The van der Waals surface area contributed by atoms with Gasteiger partial charge in [-0.25, -0.2) is 4.79 Å². The largest absolute Gasteiger partial charge is 0.358 e. The number of aromatic nitrogens is 1. The van der Waals surface area contributed by atoms with Crippen LogP contribution in [0.1, 0.15) is 37.3 Å². The molecular weight excluding hydrogens is 318 g/mol. The highest BCUT2D eigenvalue weighted by Gasteiger charge is 2.31. The first kappa shape index (κ1) is 17.7. The lowest BCUT2D eigenvalue weighted by Gasteiger charge is -2.33. The lowest BCUT2D eigenvalue weighted by molar-refractivity contribution is -0.122. The van der Waals surface area contributed by atoms with Crippen molar-refractivity contribution in [3.63, 3.8) is 0 Å². The number of pyridine rings is 1. The molecule has 2 aliphatic heterocycles. The zero-order valence-electron chi connectivity index (χ0n) is 14.8. The Labute approximate surface area is 148 Å². The second-order valence-corrected chi connectivity index (χ2v) is 6.81. The van der Waals surface area contributed by atoms with E-state index in [4.69, 9.17) is 0 Å². The van der Waals surface area contributed by atoms with Crippen molar-refractivity contribution in [1.29, 1.82) is 0 Å². The van der Waals surface area contributed by atoms with Crippen LogP contribution in [0.2, 0.25) is 0 Å². The van der Waals surface area contributed by atoms with Crippen LogP contribution in [0.25, 0.3) is 0 Å². The fourth-order valence-corrected chi connectivity index (χ4v) is 3.72. The summed E-state index contributed by atoms with van der Waals surface area (Å²) in [6, 6.07) is 4.36. The van der Waals surface area contributed by atoms with Crippen LogP contribution in [0.4, 0.5) is 4.79 Å². The van der Waals surface area contributed by atoms with Crippen molar-refractivity contribution >= 4 is 11.9 Å². The van der Waals surface area contributed by atoms with Gasteiger partial charge in [0.1, 0.15) is 0 Å². The molecule has 2 N–H and O–H groups in total. The van der Waals surface area contributed by atoms with E-state index in [2.05, 4.69) is 20.5 Å². The molecular formula is C18H27N5O2. The van der Waals surface area contributed by atoms with Gasteiger partial charge in [-0.1, -0.05) is 0 Å². The summed E-state index contributed by atoms with van der Waals surface area (Å²) < 4.78 is 0. The Bertz CT molecular complexity index is 586. The normalized spacial score (nSPS) is 22.0. The maximum Gasteiger partial charge on any atom is 0.318 e. The lowest BCUT2D eigenvalue weighted by atomic mass is 10.0. The van der Waals surface area contributed by atoms with E-state index >= 15 is 0 Å². The summed E-state index contributed by atoms with van der Waals surface area (Å²) in [6.45, 7) is 2.92. The molecule has 0 aromatic carbocycles. The van der Waals surface area contributed by atoms with Crippen LogP contribution in [0.15, 0.2) is 24.5 Å². The summed E-state index contributed by atoms with van der Waals surface area (Å²) in [5, 5.41) is 5.84. The molecule has 3 heterocycles. The summed E-state index contributed by atoms with van der Waals surface area (Å²) in [5.74, 6) is 0.0414. The third kappa shape index (κ3) is 4.48. The molecule has 7 heteroatoms. The van der Waals surface area contributed by atoms with Gasteiger partial charge in [0, 0.05) is 45.1 Å². The Hall–Kier alpha value is -2.15. The van der Waals surface area contributed by atoms with Gasteiger partial charge in [0.05, 0.1) is 12.6 Å². The number of nitrogens with zero attached hydrogens (tertiary/aromatic N) is 3. The Morgan fingerprint density at radius 2 is 1.88 bits per heavy atom. The van der Waals surface area contributed by atoms with Gasteiger partial charge in [-0.15, -0.1) is 0 Å². The maximum atomic E-state index is 12.7. The Kier molecular flexibility index (Phi) is 5.86. The molecule has 2 saturated heterocycles. The highest BCUT2D eigenvalue weighted by Crippen LogP contribution is 2.31. The van der Waals surface area contributed by atoms with Gasteiger partial charge >= 0.3 is 6.03 Å². The number of carbonyl (C=O) groups is 2. The Morgan fingerprint density at radius 1 is 1.16 bits per heavy atom. The smallest absolute Gasteiger partial charge is 0.318 e. The van der Waals surface area contributed by atoms with Crippen molar-refractivity contribution < 1.29 is 9.59 Å². The molecule has 0 saturated carbocycles. The van der Waals surface area contributed by atoms with E-state index in [9.17, 15) is 9.59 Å². The fraction of sp³-hybridized carbons (Fsp3) is 0.611. The topological polar surface area (TPSA) is 77.6 Å². The highest BCUT2D eigenvalue weighted by atomic mass is 16.2. The Morgan fingerprint density at radius 3 is 2.56 bits per heavy atom. The lowest BCUT2D eigenvalue weighted by Crippen LogP contribution is -2.50. The summed E-state index contributed by atoms with van der Waals surface area (Å²) in [4.78, 5) is 32.3. The second-order valence-electron chi connectivity index (χ2n) is 6.81. The SMILES string of the molecule is CNC(=O)CN1CCC(NC(=O)N2CCC[C@@H]2c2ccncc2)CC1. The number of piperidine rings is 1. The van der Waals surface area contributed by atoms with Crippen LogP contribution in [0, 0.1) is 0 Å². The molecule has 25 heavy (non-hydrogen) atoms.